The molecule has 4 saturated heterocycles. The molecule has 0 saturated carbocycles. The van der Waals surface area contributed by atoms with E-state index in [1.807, 2.05) is 0 Å². The first kappa shape index (κ1) is 38.0. The monoisotopic (exact) mass is 770 g/mol. The summed E-state index contributed by atoms with van der Waals surface area (Å²) in [6.07, 6.45) is 3.97. The van der Waals surface area contributed by atoms with Crippen molar-refractivity contribution in [3.63, 3.8) is 0 Å². The van der Waals surface area contributed by atoms with Gasteiger partial charge in [0, 0.05) is 43.2 Å². The van der Waals surface area contributed by atoms with Crippen LogP contribution in [0.15, 0.2) is 30.5 Å². The van der Waals surface area contributed by atoms with Crippen LogP contribution in [0.5, 0.6) is 11.8 Å². The van der Waals surface area contributed by atoms with Crippen molar-refractivity contribution in [3.8, 4) is 34.5 Å². The molecule has 0 amide bonds. The average Bonchev–Trinajstić information content (AvgIpc) is 3.66. The van der Waals surface area contributed by atoms with Gasteiger partial charge in [0.05, 0.1) is 16.5 Å². The molecular weight excluding hydrogens is 718 g/mol. The predicted octanol–water partition coefficient (Wildman–Crippen LogP) is 8.40. The van der Waals surface area contributed by atoms with E-state index in [0.29, 0.717) is 63.4 Å². The van der Waals surface area contributed by atoms with Crippen LogP contribution >= 0.6 is 0 Å². The zero-order valence-corrected chi connectivity index (χ0v) is 33.9. The Kier molecular flexibility index (Phi) is 10.0. The van der Waals surface area contributed by atoms with Crippen molar-refractivity contribution < 1.29 is 23.0 Å². The first-order valence-corrected chi connectivity index (χ1v) is 22.4. The lowest BCUT2D eigenvalue weighted by Gasteiger charge is -2.42. The van der Waals surface area contributed by atoms with Crippen molar-refractivity contribution in [1.29, 1.82) is 0 Å². The van der Waals surface area contributed by atoms with E-state index in [2.05, 4.69) is 68.1 Å². The molecule has 0 spiro atoms. The number of nitrogens with one attached hydrogen (secondary N) is 1. The lowest BCUT2D eigenvalue weighted by atomic mass is 9.86. The van der Waals surface area contributed by atoms with Crippen LogP contribution in [0.1, 0.15) is 72.8 Å². The third-order valence-corrected chi connectivity index (χ3v) is 19.5. The minimum atomic E-state index is -2.27. The largest absolute Gasteiger partial charge is 0.508 e. The normalized spacial score (nSPS) is 24.3. The Balaban J connectivity index is 1.29. The first-order chi connectivity index (χ1) is 26.3. The molecule has 4 atom stereocenters. The number of rotatable bonds is 8. The van der Waals surface area contributed by atoms with Crippen LogP contribution in [-0.4, -0.2) is 90.6 Å². The molecule has 292 valence electrons. The number of halogens is 3. The van der Waals surface area contributed by atoms with Crippen LogP contribution in [-0.2, 0) is 0 Å². The van der Waals surface area contributed by atoms with Crippen molar-refractivity contribution in [2.45, 2.75) is 95.6 Å². The molecule has 2 aromatic carbocycles. The Labute approximate surface area is 323 Å². The molecule has 4 fully saturated rings. The number of aromatic nitrogens is 3. The molecule has 12 heteroatoms. The Hall–Kier alpha value is -3.92. The van der Waals surface area contributed by atoms with Gasteiger partial charge in [0.2, 0.25) is 0 Å². The summed E-state index contributed by atoms with van der Waals surface area (Å²) in [5.74, 6) is 3.34. The van der Waals surface area contributed by atoms with E-state index in [4.69, 9.17) is 19.7 Å². The number of phenols is 1. The molecule has 0 radical (unpaired) electrons. The van der Waals surface area contributed by atoms with Gasteiger partial charge in [-0.05, 0) is 90.9 Å². The molecule has 2 N–H and O–H groups in total. The minimum absolute atomic E-state index is 0.0285. The number of pyridine rings is 1. The molecule has 4 aliphatic rings. The van der Waals surface area contributed by atoms with Gasteiger partial charge < -0.3 is 20.1 Å². The lowest BCUT2D eigenvalue weighted by Crippen LogP contribution is -2.51. The van der Waals surface area contributed by atoms with Crippen molar-refractivity contribution in [2.24, 2.45) is 11.8 Å². The van der Waals surface area contributed by atoms with Gasteiger partial charge in [-0.25, -0.2) is 13.2 Å². The number of aromatic hydroxyl groups is 1. The molecule has 8 rings (SSSR count). The van der Waals surface area contributed by atoms with Gasteiger partial charge in [0.1, 0.15) is 49.4 Å². The number of anilines is 1. The van der Waals surface area contributed by atoms with Crippen LogP contribution < -0.4 is 15.0 Å². The summed E-state index contributed by atoms with van der Waals surface area (Å²) in [5.41, 5.74) is 4.52. The van der Waals surface area contributed by atoms with E-state index >= 15 is 8.78 Å². The van der Waals surface area contributed by atoms with Crippen molar-refractivity contribution in [2.75, 3.05) is 50.8 Å². The SMILES string of the molecule is CC(C)[Si](C#Cc1c(F)ccc2cc(O)cc(-c3ncc4c(N5CC6CNCC(C6)C5)nc(OC[C@@]56CCCN5C[C@H](F)C6)nc4c3F)c12)(C(C)C)C(C)C. The molecule has 4 aromatic rings. The van der Waals surface area contributed by atoms with Gasteiger partial charge in [-0.3, -0.25) is 9.88 Å². The summed E-state index contributed by atoms with van der Waals surface area (Å²) in [4.78, 5) is 18.7. The van der Waals surface area contributed by atoms with E-state index < -0.39 is 31.4 Å². The highest BCUT2D eigenvalue weighted by atomic mass is 28.3. The van der Waals surface area contributed by atoms with Gasteiger partial charge >= 0.3 is 6.01 Å². The number of phenolic OH excluding ortho intramolecular Hbond substituents is 1. The Morgan fingerprint density at radius 2 is 1.75 bits per heavy atom. The molecule has 4 aliphatic heterocycles. The van der Waals surface area contributed by atoms with Crippen LogP contribution in [0.25, 0.3) is 32.9 Å². The second-order valence-electron chi connectivity index (χ2n) is 17.6. The topological polar surface area (TPSA) is 86.6 Å². The minimum Gasteiger partial charge on any atom is -0.508 e. The maximum absolute atomic E-state index is 17.4. The zero-order valence-electron chi connectivity index (χ0n) is 32.9. The number of nitrogens with zero attached hydrogens (tertiary/aromatic N) is 5. The highest BCUT2D eigenvalue weighted by Gasteiger charge is 2.49. The summed E-state index contributed by atoms with van der Waals surface area (Å²) in [6.45, 7) is 17.9. The number of hydrogen-bond acceptors (Lipinski definition) is 8. The van der Waals surface area contributed by atoms with E-state index in [0.717, 1.165) is 52.0 Å². The first-order valence-electron chi connectivity index (χ1n) is 20.1. The van der Waals surface area contributed by atoms with Crippen LogP contribution in [0.4, 0.5) is 19.0 Å². The Bertz CT molecular complexity index is 2160. The summed E-state index contributed by atoms with van der Waals surface area (Å²) < 4.78 is 54.5. The van der Waals surface area contributed by atoms with Crippen LogP contribution in [0.3, 0.4) is 0 Å². The summed E-state index contributed by atoms with van der Waals surface area (Å²) in [7, 11) is -2.27. The van der Waals surface area contributed by atoms with Crippen LogP contribution in [0, 0.1) is 34.9 Å². The smallest absolute Gasteiger partial charge is 0.319 e. The fourth-order valence-corrected chi connectivity index (χ4v) is 16.0. The third-order valence-electron chi connectivity index (χ3n) is 13.2. The van der Waals surface area contributed by atoms with Gasteiger partial charge in [0.15, 0.2) is 5.82 Å². The molecule has 2 bridgehead atoms. The maximum Gasteiger partial charge on any atom is 0.319 e. The second-order valence-corrected chi connectivity index (χ2v) is 23.1. The van der Waals surface area contributed by atoms with E-state index in [1.165, 1.54) is 12.1 Å². The maximum atomic E-state index is 17.4. The van der Waals surface area contributed by atoms with Gasteiger partial charge in [-0.15, -0.1) is 5.54 Å². The number of alkyl halides is 1. The third kappa shape index (κ3) is 6.64. The predicted molar refractivity (Wildman–Crippen MR) is 215 cm³/mol. The van der Waals surface area contributed by atoms with E-state index in [-0.39, 0.29) is 40.7 Å². The molecule has 55 heavy (non-hydrogen) atoms. The molecule has 6 heterocycles. The summed E-state index contributed by atoms with van der Waals surface area (Å²) in [5, 5.41) is 15.9. The van der Waals surface area contributed by atoms with Crippen molar-refractivity contribution in [3.05, 3.63) is 47.7 Å². The number of ether oxygens (including phenoxy) is 1. The number of benzene rings is 2. The highest BCUT2D eigenvalue weighted by molar-refractivity contribution is 6.90. The Morgan fingerprint density at radius 1 is 1.02 bits per heavy atom. The number of fused-ring (bicyclic) bond motifs is 5. The van der Waals surface area contributed by atoms with E-state index in [9.17, 15) is 9.50 Å². The number of hydrogen-bond donors (Lipinski definition) is 2. The van der Waals surface area contributed by atoms with Crippen molar-refractivity contribution in [1.82, 2.24) is 25.2 Å². The Morgan fingerprint density at radius 3 is 2.45 bits per heavy atom. The molecule has 2 unspecified atom stereocenters. The molecular formula is C43H53F3N6O2Si. The summed E-state index contributed by atoms with van der Waals surface area (Å²) >= 11 is 0. The quantitative estimate of drug-likeness (QED) is 0.137. The molecule has 8 nitrogen and oxygen atoms in total. The van der Waals surface area contributed by atoms with E-state index in [1.54, 1.807) is 18.3 Å². The average molecular weight is 771 g/mol. The number of piperidine rings is 2. The van der Waals surface area contributed by atoms with Crippen LogP contribution in [0.2, 0.25) is 16.6 Å². The summed E-state index contributed by atoms with van der Waals surface area (Å²) in [6, 6.07) is 5.96. The van der Waals surface area contributed by atoms with Gasteiger partial charge in [-0.2, -0.15) is 9.97 Å². The van der Waals surface area contributed by atoms with Gasteiger partial charge in [-0.1, -0.05) is 53.5 Å². The lowest BCUT2D eigenvalue weighted by molar-refractivity contribution is 0.107. The highest BCUT2D eigenvalue weighted by Crippen LogP contribution is 2.44. The second kappa shape index (κ2) is 14.5. The van der Waals surface area contributed by atoms with Gasteiger partial charge in [0.25, 0.3) is 0 Å². The fourth-order valence-electron chi connectivity index (χ4n) is 10.8. The zero-order chi connectivity index (χ0) is 38.8. The van der Waals surface area contributed by atoms with Crippen molar-refractivity contribution >= 4 is 35.6 Å². The molecule has 0 aliphatic carbocycles. The standard InChI is InChI=1S/C43H53F3N6O2Si/c1-25(2)55(26(3)4,27(5)6)13-10-33-36(45)9-8-30-15-32(53)16-34(37(30)33)39-38(46)40-35(20-48-39)41(51-21-28-14-29(22-51)19-47-18-28)50-42(49-40)54-24-43-11-7-12-52(43)23-31(44)17-43/h8-9,15-16,20,25-29,31,47,53H,7,11-12,14,17-19,21-24H2,1-6H3/t28?,29?,31-,43+/m1/s1. The fraction of sp³-hybridized carbons (Fsp3) is 0.558. The molecule has 2 aromatic heterocycles.